The number of nitrogens with one attached hydrogen (secondary N) is 1. The summed E-state index contributed by atoms with van der Waals surface area (Å²) >= 11 is 11.8. The molecule has 0 aromatic heterocycles. The number of hydrogen-bond acceptors (Lipinski definition) is 2. The van der Waals surface area contributed by atoms with Crippen LogP contribution in [0.4, 0.5) is 0 Å². The Hall–Kier alpha value is -1.06. The van der Waals surface area contributed by atoms with Gasteiger partial charge in [0.25, 0.3) is 5.91 Å². The van der Waals surface area contributed by atoms with E-state index in [9.17, 15) is 4.79 Å². The molecular weight excluding hydrogens is 283 g/mol. The third-order valence-corrected chi connectivity index (χ3v) is 3.19. The molecule has 0 aliphatic carbocycles. The zero-order valence-electron chi connectivity index (χ0n) is 11.5. The second kappa shape index (κ2) is 6.92. The molecule has 1 aromatic rings. The van der Waals surface area contributed by atoms with Gasteiger partial charge in [0, 0.05) is 10.7 Å². The van der Waals surface area contributed by atoms with Crippen molar-refractivity contribution in [3.63, 3.8) is 0 Å². The second-order valence-electron chi connectivity index (χ2n) is 4.91. The minimum absolute atomic E-state index is 0.279. The second-order valence-corrected chi connectivity index (χ2v) is 5.75. The van der Waals surface area contributed by atoms with E-state index in [0.29, 0.717) is 15.6 Å². The zero-order valence-corrected chi connectivity index (χ0v) is 13.0. The third kappa shape index (κ3) is 4.51. The third-order valence-electron chi connectivity index (χ3n) is 2.65. The molecule has 0 radical (unpaired) electrons. The molecule has 0 atom stereocenters. The standard InChI is InChI=1S/C14H18Cl2N2O/c1-8(2)13(9(3)4)17-18-14(19)11-6-5-10(15)7-12(11)16/h5-9H,1-4H3,(H,18,19). The average Bonchev–Trinajstić information content (AvgIpc) is 2.27. The minimum Gasteiger partial charge on any atom is -0.267 e. The highest BCUT2D eigenvalue weighted by Gasteiger charge is 2.13. The van der Waals surface area contributed by atoms with Gasteiger partial charge in [-0.3, -0.25) is 4.79 Å². The molecule has 1 aromatic carbocycles. The van der Waals surface area contributed by atoms with Crippen molar-refractivity contribution in [2.24, 2.45) is 16.9 Å². The van der Waals surface area contributed by atoms with E-state index >= 15 is 0 Å². The molecule has 104 valence electrons. The van der Waals surface area contributed by atoms with Crippen LogP contribution in [0.15, 0.2) is 23.3 Å². The summed E-state index contributed by atoms with van der Waals surface area (Å²) in [6.07, 6.45) is 0. The maximum Gasteiger partial charge on any atom is 0.272 e. The van der Waals surface area contributed by atoms with E-state index in [1.54, 1.807) is 12.1 Å². The van der Waals surface area contributed by atoms with Crippen LogP contribution in [0.2, 0.25) is 10.0 Å². The van der Waals surface area contributed by atoms with Gasteiger partial charge in [-0.25, -0.2) is 5.43 Å². The minimum atomic E-state index is -0.333. The van der Waals surface area contributed by atoms with Crippen LogP contribution >= 0.6 is 23.2 Å². The highest BCUT2D eigenvalue weighted by Crippen LogP contribution is 2.20. The lowest BCUT2D eigenvalue weighted by atomic mass is 9.98. The highest BCUT2D eigenvalue weighted by molar-refractivity contribution is 6.36. The van der Waals surface area contributed by atoms with Gasteiger partial charge >= 0.3 is 0 Å². The number of carbonyl (C=O) groups excluding carboxylic acids is 1. The summed E-state index contributed by atoms with van der Waals surface area (Å²) in [4.78, 5) is 12.0. The summed E-state index contributed by atoms with van der Waals surface area (Å²) in [5, 5.41) is 5.00. The summed E-state index contributed by atoms with van der Waals surface area (Å²) in [5.41, 5.74) is 3.85. The van der Waals surface area contributed by atoms with E-state index in [2.05, 4.69) is 10.5 Å². The fourth-order valence-corrected chi connectivity index (χ4v) is 2.27. The molecule has 0 aliphatic rings. The van der Waals surface area contributed by atoms with E-state index in [-0.39, 0.29) is 17.7 Å². The molecule has 0 heterocycles. The molecule has 0 unspecified atom stereocenters. The van der Waals surface area contributed by atoms with Gasteiger partial charge in [0.05, 0.1) is 10.6 Å². The maximum atomic E-state index is 12.0. The first-order chi connectivity index (χ1) is 8.82. The molecule has 1 amide bonds. The smallest absolute Gasteiger partial charge is 0.267 e. The highest BCUT2D eigenvalue weighted by atomic mass is 35.5. The molecule has 1 rings (SSSR count). The van der Waals surface area contributed by atoms with Crippen LogP contribution in [0, 0.1) is 11.8 Å². The Labute approximate surface area is 124 Å². The monoisotopic (exact) mass is 300 g/mol. The first kappa shape index (κ1) is 16.0. The van der Waals surface area contributed by atoms with Crippen molar-refractivity contribution in [1.82, 2.24) is 5.43 Å². The van der Waals surface area contributed by atoms with Crippen molar-refractivity contribution < 1.29 is 4.79 Å². The van der Waals surface area contributed by atoms with Crippen molar-refractivity contribution in [3.8, 4) is 0 Å². The van der Waals surface area contributed by atoms with Gasteiger partial charge in [0.15, 0.2) is 0 Å². The van der Waals surface area contributed by atoms with Gasteiger partial charge in [-0.1, -0.05) is 50.9 Å². The van der Waals surface area contributed by atoms with Crippen molar-refractivity contribution in [1.29, 1.82) is 0 Å². The predicted molar refractivity (Wildman–Crippen MR) is 81.0 cm³/mol. The summed E-state index contributed by atoms with van der Waals surface area (Å²) in [7, 11) is 0. The number of amides is 1. The Balaban J connectivity index is 2.88. The van der Waals surface area contributed by atoms with Gasteiger partial charge in [-0.05, 0) is 30.0 Å². The molecule has 1 N–H and O–H groups in total. The number of carbonyl (C=O) groups is 1. The van der Waals surface area contributed by atoms with Gasteiger partial charge in [-0.15, -0.1) is 0 Å². The number of hydrazone groups is 1. The van der Waals surface area contributed by atoms with Crippen LogP contribution in [-0.2, 0) is 0 Å². The summed E-state index contributed by atoms with van der Waals surface area (Å²) in [5.74, 6) is 0.224. The Morgan fingerprint density at radius 3 is 2.21 bits per heavy atom. The zero-order chi connectivity index (χ0) is 14.6. The summed E-state index contributed by atoms with van der Waals surface area (Å²) < 4.78 is 0. The molecule has 0 saturated heterocycles. The summed E-state index contributed by atoms with van der Waals surface area (Å²) in [6, 6.07) is 4.74. The Morgan fingerprint density at radius 2 is 1.74 bits per heavy atom. The molecule has 0 fully saturated rings. The normalized spacial score (nSPS) is 10.7. The molecular formula is C14H18Cl2N2O. The van der Waals surface area contributed by atoms with E-state index < -0.39 is 0 Å². The molecule has 0 spiro atoms. The molecule has 19 heavy (non-hydrogen) atoms. The molecule has 0 saturated carbocycles. The predicted octanol–water partition coefficient (Wildman–Crippen LogP) is 4.39. The van der Waals surface area contributed by atoms with Gasteiger partial charge < -0.3 is 0 Å². The SMILES string of the molecule is CC(C)C(=NNC(=O)c1ccc(Cl)cc1Cl)C(C)C. The number of nitrogens with zero attached hydrogens (tertiary/aromatic N) is 1. The number of rotatable bonds is 4. The van der Waals surface area contributed by atoms with Gasteiger partial charge in [0.2, 0.25) is 0 Å². The lowest BCUT2D eigenvalue weighted by Crippen LogP contribution is -2.24. The van der Waals surface area contributed by atoms with Gasteiger partial charge in [0.1, 0.15) is 0 Å². The first-order valence-corrected chi connectivity index (χ1v) is 6.91. The molecule has 0 aliphatic heterocycles. The fraction of sp³-hybridized carbons (Fsp3) is 0.429. The lowest BCUT2D eigenvalue weighted by molar-refractivity contribution is 0.0954. The number of hydrogen-bond donors (Lipinski definition) is 1. The Morgan fingerprint density at radius 1 is 1.16 bits per heavy atom. The van der Waals surface area contributed by atoms with Crippen LogP contribution in [0.5, 0.6) is 0 Å². The fourth-order valence-electron chi connectivity index (χ4n) is 1.77. The van der Waals surface area contributed by atoms with E-state index in [1.165, 1.54) is 6.07 Å². The van der Waals surface area contributed by atoms with Gasteiger partial charge in [-0.2, -0.15) is 5.10 Å². The quantitative estimate of drug-likeness (QED) is 0.650. The molecule has 5 heteroatoms. The largest absolute Gasteiger partial charge is 0.272 e. The average molecular weight is 301 g/mol. The van der Waals surface area contributed by atoms with Crippen LogP contribution < -0.4 is 5.43 Å². The maximum absolute atomic E-state index is 12.0. The lowest BCUT2D eigenvalue weighted by Gasteiger charge is -2.13. The van der Waals surface area contributed by atoms with Crippen molar-refractivity contribution in [2.75, 3.05) is 0 Å². The molecule has 3 nitrogen and oxygen atoms in total. The van der Waals surface area contributed by atoms with E-state index in [1.807, 2.05) is 27.7 Å². The topological polar surface area (TPSA) is 41.5 Å². The van der Waals surface area contributed by atoms with Crippen LogP contribution in [-0.4, -0.2) is 11.6 Å². The first-order valence-electron chi connectivity index (χ1n) is 6.15. The summed E-state index contributed by atoms with van der Waals surface area (Å²) in [6.45, 7) is 8.17. The Bertz CT molecular complexity index is 486. The van der Waals surface area contributed by atoms with Crippen LogP contribution in [0.1, 0.15) is 38.1 Å². The number of benzene rings is 1. The number of halogens is 2. The van der Waals surface area contributed by atoms with Crippen molar-refractivity contribution in [2.45, 2.75) is 27.7 Å². The van der Waals surface area contributed by atoms with Crippen LogP contribution in [0.25, 0.3) is 0 Å². The van der Waals surface area contributed by atoms with E-state index in [0.717, 1.165) is 5.71 Å². The van der Waals surface area contributed by atoms with Crippen molar-refractivity contribution >= 4 is 34.8 Å². The van der Waals surface area contributed by atoms with Crippen LogP contribution in [0.3, 0.4) is 0 Å². The van der Waals surface area contributed by atoms with Crippen molar-refractivity contribution in [3.05, 3.63) is 33.8 Å². The Kier molecular flexibility index (Phi) is 5.83. The van der Waals surface area contributed by atoms with E-state index in [4.69, 9.17) is 23.2 Å². The molecule has 0 bridgehead atoms.